The number of aryl methyl sites for hydroxylation is 1. The summed E-state index contributed by atoms with van der Waals surface area (Å²) in [6, 6.07) is 4.80. The van der Waals surface area contributed by atoms with E-state index < -0.39 is 0 Å². The third-order valence-corrected chi connectivity index (χ3v) is 3.56. The van der Waals surface area contributed by atoms with Crippen LogP contribution in [0.3, 0.4) is 0 Å². The van der Waals surface area contributed by atoms with Crippen molar-refractivity contribution in [1.82, 2.24) is 0 Å². The Morgan fingerprint density at radius 2 is 2.20 bits per heavy atom. The summed E-state index contributed by atoms with van der Waals surface area (Å²) in [5.41, 5.74) is 1.11. The molecule has 0 spiro atoms. The van der Waals surface area contributed by atoms with Crippen molar-refractivity contribution >= 4 is 11.6 Å². The molecule has 15 heavy (non-hydrogen) atoms. The molecule has 1 aromatic carbocycles. The van der Waals surface area contributed by atoms with Crippen LogP contribution in [0.4, 0.5) is 10.1 Å². The fourth-order valence-electron chi connectivity index (χ4n) is 2.00. The molecule has 0 aliphatic heterocycles. The van der Waals surface area contributed by atoms with Crippen molar-refractivity contribution in [2.75, 3.05) is 5.32 Å². The van der Waals surface area contributed by atoms with E-state index in [1.54, 1.807) is 19.1 Å². The van der Waals surface area contributed by atoms with Crippen LogP contribution in [0.25, 0.3) is 0 Å². The Morgan fingerprint density at radius 1 is 1.53 bits per heavy atom. The second kappa shape index (κ2) is 2.60. The summed E-state index contributed by atoms with van der Waals surface area (Å²) in [5.74, 6) is 0.414. The molecule has 78 valence electrons. The first kappa shape index (κ1) is 8.89. The highest BCUT2D eigenvalue weighted by Gasteiger charge is 2.74. The molecule has 3 rings (SSSR count). The molecular formula is C12H12FNO. The Labute approximate surface area is 87.5 Å². The molecule has 2 fully saturated rings. The van der Waals surface area contributed by atoms with Gasteiger partial charge in [-0.05, 0) is 43.4 Å². The second-order valence-corrected chi connectivity index (χ2v) is 4.68. The Hall–Kier alpha value is -1.38. The molecule has 2 saturated carbocycles. The van der Waals surface area contributed by atoms with Gasteiger partial charge in [0.1, 0.15) is 5.82 Å². The summed E-state index contributed by atoms with van der Waals surface area (Å²) >= 11 is 0. The molecule has 0 saturated heterocycles. The summed E-state index contributed by atoms with van der Waals surface area (Å²) in [7, 11) is 0. The molecule has 3 heteroatoms. The fraction of sp³-hybridized carbons (Fsp3) is 0.417. The first-order valence-electron chi connectivity index (χ1n) is 5.19. The van der Waals surface area contributed by atoms with Gasteiger partial charge in [0, 0.05) is 5.69 Å². The quantitative estimate of drug-likeness (QED) is 0.789. The lowest BCUT2D eigenvalue weighted by Gasteiger charge is -2.07. The molecule has 0 heterocycles. The minimum Gasteiger partial charge on any atom is -0.325 e. The van der Waals surface area contributed by atoms with Crippen LogP contribution in [0, 0.1) is 24.1 Å². The standard InChI is InChI=1S/C12H12FNO/c1-7-2-3-9(4-10(7)13)14-11(15)12-5-8(12)6-12/h2-4,8H,5-6H2,1H3,(H,14,15). The van der Waals surface area contributed by atoms with Crippen molar-refractivity contribution in [1.29, 1.82) is 0 Å². The number of rotatable bonds is 2. The van der Waals surface area contributed by atoms with Gasteiger partial charge in [-0.1, -0.05) is 6.07 Å². The van der Waals surface area contributed by atoms with Crippen molar-refractivity contribution in [2.45, 2.75) is 19.8 Å². The van der Waals surface area contributed by atoms with Crippen molar-refractivity contribution in [3.05, 3.63) is 29.6 Å². The first-order valence-corrected chi connectivity index (χ1v) is 5.19. The summed E-state index contributed by atoms with van der Waals surface area (Å²) in [5, 5.41) is 2.78. The van der Waals surface area contributed by atoms with Gasteiger partial charge >= 0.3 is 0 Å². The predicted molar refractivity (Wildman–Crippen MR) is 54.9 cm³/mol. The third-order valence-electron chi connectivity index (χ3n) is 3.56. The SMILES string of the molecule is Cc1ccc(NC(=O)C23CC2C3)cc1F. The topological polar surface area (TPSA) is 29.1 Å². The van der Waals surface area contributed by atoms with Crippen molar-refractivity contribution in [3.63, 3.8) is 0 Å². The normalized spacial score (nSPS) is 30.7. The van der Waals surface area contributed by atoms with E-state index in [0.29, 0.717) is 17.2 Å². The summed E-state index contributed by atoms with van der Waals surface area (Å²) < 4.78 is 13.2. The van der Waals surface area contributed by atoms with Gasteiger partial charge in [-0.2, -0.15) is 0 Å². The second-order valence-electron chi connectivity index (χ2n) is 4.68. The molecule has 1 N–H and O–H groups in total. The lowest BCUT2D eigenvalue weighted by Crippen LogP contribution is -2.18. The molecule has 0 radical (unpaired) electrons. The van der Waals surface area contributed by atoms with E-state index in [2.05, 4.69) is 5.32 Å². The average Bonchev–Trinajstić information content (AvgIpc) is 2.98. The molecule has 0 aromatic heterocycles. The van der Waals surface area contributed by atoms with E-state index in [-0.39, 0.29) is 17.1 Å². The number of halogens is 1. The smallest absolute Gasteiger partial charge is 0.230 e. The summed E-state index contributed by atoms with van der Waals surface area (Å²) in [6.07, 6.45) is 2.04. The lowest BCUT2D eigenvalue weighted by atomic mass is 10.2. The minimum atomic E-state index is -0.270. The highest BCUT2D eigenvalue weighted by Crippen LogP contribution is 2.75. The number of amides is 1. The van der Waals surface area contributed by atoms with Crippen LogP contribution in [0.1, 0.15) is 18.4 Å². The van der Waals surface area contributed by atoms with Gasteiger partial charge in [0.05, 0.1) is 5.41 Å². The minimum absolute atomic E-state index is 0.0542. The Balaban J connectivity index is 1.76. The molecule has 1 amide bonds. The largest absolute Gasteiger partial charge is 0.325 e. The van der Waals surface area contributed by atoms with E-state index in [1.165, 1.54) is 6.07 Å². The van der Waals surface area contributed by atoms with E-state index >= 15 is 0 Å². The number of carbonyl (C=O) groups is 1. The summed E-state index contributed by atoms with van der Waals surface area (Å²) in [6.45, 7) is 1.71. The maximum absolute atomic E-state index is 13.2. The maximum atomic E-state index is 13.2. The highest BCUT2D eigenvalue weighted by molar-refractivity contribution is 6.00. The molecule has 2 aliphatic carbocycles. The van der Waals surface area contributed by atoms with Gasteiger partial charge in [-0.3, -0.25) is 4.79 Å². The molecule has 0 bridgehead atoms. The molecule has 0 unspecified atom stereocenters. The molecular weight excluding hydrogens is 193 g/mol. The van der Waals surface area contributed by atoms with Crippen molar-refractivity contribution in [3.8, 4) is 0 Å². The van der Waals surface area contributed by atoms with Gasteiger partial charge in [0.2, 0.25) is 5.91 Å². The maximum Gasteiger partial charge on any atom is 0.230 e. The highest BCUT2D eigenvalue weighted by atomic mass is 19.1. The number of fused-ring (bicyclic) bond motifs is 1. The zero-order chi connectivity index (χ0) is 10.6. The predicted octanol–water partition coefficient (Wildman–Crippen LogP) is 2.48. The van der Waals surface area contributed by atoms with Crippen LogP contribution in [0.2, 0.25) is 0 Å². The van der Waals surface area contributed by atoms with Gasteiger partial charge in [-0.15, -0.1) is 0 Å². The number of benzene rings is 1. The molecule has 1 aromatic rings. The van der Waals surface area contributed by atoms with Gasteiger partial charge < -0.3 is 5.32 Å². The molecule has 2 nitrogen and oxygen atoms in total. The third kappa shape index (κ3) is 1.26. The van der Waals surface area contributed by atoms with E-state index in [9.17, 15) is 9.18 Å². The van der Waals surface area contributed by atoms with Crippen LogP contribution in [0.15, 0.2) is 18.2 Å². The first-order chi connectivity index (χ1) is 7.12. The van der Waals surface area contributed by atoms with E-state index in [1.807, 2.05) is 0 Å². The zero-order valence-electron chi connectivity index (χ0n) is 8.51. The number of carbonyl (C=O) groups excluding carboxylic acids is 1. The Bertz CT molecular complexity index is 449. The monoisotopic (exact) mass is 205 g/mol. The van der Waals surface area contributed by atoms with Crippen LogP contribution < -0.4 is 5.32 Å². The van der Waals surface area contributed by atoms with Gasteiger partial charge in [0.25, 0.3) is 0 Å². The van der Waals surface area contributed by atoms with Crippen molar-refractivity contribution in [2.24, 2.45) is 11.3 Å². The number of hydrogen-bond donors (Lipinski definition) is 1. The number of anilines is 1. The molecule has 2 aliphatic rings. The number of nitrogens with one attached hydrogen (secondary N) is 1. The number of hydrogen-bond acceptors (Lipinski definition) is 1. The van der Waals surface area contributed by atoms with E-state index in [4.69, 9.17) is 0 Å². The van der Waals surface area contributed by atoms with Gasteiger partial charge in [0.15, 0.2) is 0 Å². The van der Waals surface area contributed by atoms with Crippen LogP contribution in [-0.2, 0) is 4.79 Å². The van der Waals surface area contributed by atoms with Crippen molar-refractivity contribution < 1.29 is 9.18 Å². The van der Waals surface area contributed by atoms with Gasteiger partial charge in [-0.25, -0.2) is 4.39 Å². The van der Waals surface area contributed by atoms with E-state index in [0.717, 1.165) is 12.8 Å². The van der Waals surface area contributed by atoms with Crippen LogP contribution >= 0.6 is 0 Å². The Morgan fingerprint density at radius 3 is 2.73 bits per heavy atom. The Kier molecular flexibility index (Phi) is 1.54. The molecule has 0 atom stereocenters. The van der Waals surface area contributed by atoms with Crippen LogP contribution in [-0.4, -0.2) is 5.91 Å². The average molecular weight is 205 g/mol. The lowest BCUT2D eigenvalue weighted by molar-refractivity contribution is -0.119. The fourth-order valence-corrected chi connectivity index (χ4v) is 2.00. The van der Waals surface area contributed by atoms with Crippen LogP contribution in [0.5, 0.6) is 0 Å². The zero-order valence-corrected chi connectivity index (χ0v) is 8.51. The summed E-state index contributed by atoms with van der Waals surface area (Å²) in [4.78, 5) is 11.7.